The Labute approximate surface area is 130 Å². The van der Waals surface area contributed by atoms with Crippen LogP contribution in [0.15, 0.2) is 54.6 Å². The van der Waals surface area contributed by atoms with Crippen LogP contribution in [0, 0.1) is 0 Å². The molecule has 2 amide bonds. The van der Waals surface area contributed by atoms with Gasteiger partial charge in [0.25, 0.3) is 0 Å². The smallest absolute Gasteiger partial charge is 0.224 e. The molecular weight excluding hydrogens is 276 g/mol. The molecular formula is C18H20N2O2. The van der Waals surface area contributed by atoms with E-state index in [1.54, 1.807) is 24.3 Å². The van der Waals surface area contributed by atoms with Gasteiger partial charge < -0.3 is 11.1 Å². The van der Waals surface area contributed by atoms with Gasteiger partial charge in [0.15, 0.2) is 0 Å². The number of carbonyl (C=O) groups is 2. The van der Waals surface area contributed by atoms with E-state index in [0.29, 0.717) is 6.42 Å². The van der Waals surface area contributed by atoms with Crippen LogP contribution in [-0.4, -0.2) is 11.8 Å². The van der Waals surface area contributed by atoms with Crippen LogP contribution >= 0.6 is 0 Å². The van der Waals surface area contributed by atoms with Gasteiger partial charge in [-0.05, 0) is 29.2 Å². The van der Waals surface area contributed by atoms with E-state index in [1.165, 1.54) is 0 Å². The molecule has 0 spiro atoms. The molecule has 22 heavy (non-hydrogen) atoms. The van der Waals surface area contributed by atoms with Gasteiger partial charge in [0.2, 0.25) is 11.8 Å². The molecule has 0 aliphatic rings. The van der Waals surface area contributed by atoms with Crippen molar-refractivity contribution in [1.82, 2.24) is 0 Å². The molecule has 2 aromatic rings. The molecule has 1 atom stereocenters. The molecule has 114 valence electrons. The lowest BCUT2D eigenvalue weighted by Crippen LogP contribution is -2.15. The third-order valence-corrected chi connectivity index (χ3v) is 3.48. The molecule has 0 aliphatic carbocycles. The topological polar surface area (TPSA) is 72.2 Å². The molecule has 1 unspecified atom stereocenters. The van der Waals surface area contributed by atoms with Gasteiger partial charge in [0.05, 0.1) is 6.42 Å². The zero-order chi connectivity index (χ0) is 15.9. The molecule has 0 aromatic heterocycles. The van der Waals surface area contributed by atoms with E-state index in [4.69, 9.17) is 5.73 Å². The highest BCUT2D eigenvalue weighted by atomic mass is 16.1. The highest BCUT2D eigenvalue weighted by Crippen LogP contribution is 2.19. The summed E-state index contributed by atoms with van der Waals surface area (Å²) in [7, 11) is 0. The van der Waals surface area contributed by atoms with Gasteiger partial charge in [-0.1, -0.05) is 49.4 Å². The van der Waals surface area contributed by atoms with Crippen molar-refractivity contribution >= 4 is 17.5 Å². The number of benzene rings is 2. The van der Waals surface area contributed by atoms with Gasteiger partial charge in [0.1, 0.15) is 0 Å². The zero-order valence-corrected chi connectivity index (χ0v) is 12.6. The van der Waals surface area contributed by atoms with Gasteiger partial charge in [-0.15, -0.1) is 0 Å². The minimum atomic E-state index is -0.367. The van der Waals surface area contributed by atoms with E-state index in [2.05, 4.69) is 5.32 Å². The number of primary amides is 1. The van der Waals surface area contributed by atoms with E-state index >= 15 is 0 Å². The molecule has 3 N–H and O–H groups in total. The third-order valence-electron chi connectivity index (χ3n) is 3.48. The van der Waals surface area contributed by atoms with Gasteiger partial charge in [-0.2, -0.15) is 0 Å². The van der Waals surface area contributed by atoms with Crippen molar-refractivity contribution in [2.75, 3.05) is 5.32 Å². The fourth-order valence-electron chi connectivity index (χ4n) is 2.30. The maximum absolute atomic E-state index is 12.1. The Morgan fingerprint density at radius 1 is 1.05 bits per heavy atom. The Bertz CT molecular complexity index is 636. The van der Waals surface area contributed by atoms with E-state index < -0.39 is 0 Å². The molecule has 4 heteroatoms. The molecule has 2 rings (SSSR count). The van der Waals surface area contributed by atoms with Gasteiger partial charge in [-0.25, -0.2) is 0 Å². The number of anilines is 1. The van der Waals surface area contributed by atoms with E-state index in [-0.39, 0.29) is 24.2 Å². The molecule has 0 aliphatic heterocycles. The first kappa shape index (κ1) is 15.8. The van der Waals surface area contributed by atoms with Gasteiger partial charge in [0, 0.05) is 12.1 Å². The molecule has 4 nitrogen and oxygen atoms in total. The second-order valence-corrected chi connectivity index (χ2v) is 5.40. The van der Waals surface area contributed by atoms with Crippen molar-refractivity contribution in [3.63, 3.8) is 0 Å². The number of hydrogen-bond donors (Lipinski definition) is 2. The SMILES string of the molecule is CC(CC(=O)Nc1ccc(CC(N)=O)cc1)c1ccccc1. The Balaban J connectivity index is 1.90. The summed E-state index contributed by atoms with van der Waals surface area (Å²) < 4.78 is 0. The third kappa shape index (κ3) is 4.74. The highest BCUT2D eigenvalue weighted by Gasteiger charge is 2.11. The normalized spacial score (nSPS) is 11.7. The maximum Gasteiger partial charge on any atom is 0.224 e. The van der Waals surface area contributed by atoms with E-state index in [9.17, 15) is 9.59 Å². The summed E-state index contributed by atoms with van der Waals surface area (Å²) in [5.41, 5.74) is 7.85. The lowest BCUT2D eigenvalue weighted by Gasteiger charge is -2.12. The van der Waals surface area contributed by atoms with Crippen molar-refractivity contribution in [2.45, 2.75) is 25.7 Å². The average Bonchev–Trinajstić information content (AvgIpc) is 2.49. The van der Waals surface area contributed by atoms with Crippen molar-refractivity contribution in [2.24, 2.45) is 5.73 Å². The molecule has 0 heterocycles. The summed E-state index contributed by atoms with van der Waals surface area (Å²) in [6.07, 6.45) is 0.631. The fourth-order valence-corrected chi connectivity index (χ4v) is 2.30. The second kappa shape index (κ2) is 7.41. The van der Waals surface area contributed by atoms with Crippen LogP contribution in [0.1, 0.15) is 30.4 Å². The first-order valence-corrected chi connectivity index (χ1v) is 7.26. The monoisotopic (exact) mass is 296 g/mol. The molecule has 0 fully saturated rings. The highest BCUT2D eigenvalue weighted by molar-refractivity contribution is 5.91. The minimum Gasteiger partial charge on any atom is -0.369 e. The predicted octanol–water partition coefficient (Wildman–Crippen LogP) is 2.85. The Kier molecular flexibility index (Phi) is 5.31. The first-order valence-electron chi connectivity index (χ1n) is 7.26. The first-order chi connectivity index (χ1) is 10.5. The fraction of sp³-hybridized carbons (Fsp3) is 0.222. The Hall–Kier alpha value is -2.62. The van der Waals surface area contributed by atoms with Crippen molar-refractivity contribution in [1.29, 1.82) is 0 Å². The predicted molar refractivity (Wildman–Crippen MR) is 87.4 cm³/mol. The summed E-state index contributed by atoms with van der Waals surface area (Å²) in [5, 5.41) is 2.87. The van der Waals surface area contributed by atoms with Gasteiger partial charge >= 0.3 is 0 Å². The molecule has 0 bridgehead atoms. The van der Waals surface area contributed by atoms with Crippen molar-refractivity contribution < 1.29 is 9.59 Å². The van der Waals surface area contributed by atoms with E-state index in [0.717, 1.165) is 16.8 Å². The number of nitrogens with one attached hydrogen (secondary N) is 1. The standard InChI is InChI=1S/C18H20N2O2/c1-13(15-5-3-2-4-6-15)11-18(22)20-16-9-7-14(8-10-16)12-17(19)21/h2-10,13H,11-12H2,1H3,(H2,19,21)(H,20,22). The second-order valence-electron chi connectivity index (χ2n) is 5.40. The zero-order valence-electron chi connectivity index (χ0n) is 12.6. The number of hydrogen-bond acceptors (Lipinski definition) is 2. The quantitative estimate of drug-likeness (QED) is 0.860. The van der Waals surface area contributed by atoms with Crippen molar-refractivity contribution in [3.05, 3.63) is 65.7 Å². The van der Waals surface area contributed by atoms with E-state index in [1.807, 2.05) is 37.3 Å². The van der Waals surface area contributed by atoms with Crippen LogP contribution in [0.3, 0.4) is 0 Å². The maximum atomic E-state index is 12.1. The minimum absolute atomic E-state index is 0.0287. The Morgan fingerprint density at radius 2 is 1.68 bits per heavy atom. The van der Waals surface area contributed by atoms with Crippen LogP contribution in [0.4, 0.5) is 5.69 Å². The molecule has 2 aromatic carbocycles. The van der Waals surface area contributed by atoms with Gasteiger partial charge in [-0.3, -0.25) is 9.59 Å². The molecule has 0 radical (unpaired) electrons. The number of amides is 2. The molecule has 0 saturated carbocycles. The summed E-state index contributed by atoms with van der Waals surface area (Å²) in [6.45, 7) is 2.03. The van der Waals surface area contributed by atoms with Crippen LogP contribution in [-0.2, 0) is 16.0 Å². The average molecular weight is 296 g/mol. The summed E-state index contributed by atoms with van der Waals surface area (Å²) in [5.74, 6) is -0.234. The number of carbonyl (C=O) groups excluding carboxylic acids is 2. The van der Waals surface area contributed by atoms with Crippen LogP contribution in [0.5, 0.6) is 0 Å². The van der Waals surface area contributed by atoms with Crippen LogP contribution < -0.4 is 11.1 Å². The lowest BCUT2D eigenvalue weighted by molar-refractivity contribution is -0.117. The number of nitrogens with two attached hydrogens (primary N) is 1. The van der Waals surface area contributed by atoms with Crippen LogP contribution in [0.2, 0.25) is 0 Å². The largest absolute Gasteiger partial charge is 0.369 e. The molecule has 0 saturated heterocycles. The Morgan fingerprint density at radius 3 is 2.27 bits per heavy atom. The van der Waals surface area contributed by atoms with Crippen molar-refractivity contribution in [3.8, 4) is 0 Å². The lowest BCUT2D eigenvalue weighted by atomic mass is 9.97. The summed E-state index contributed by atoms with van der Waals surface area (Å²) in [6, 6.07) is 17.1. The van der Waals surface area contributed by atoms with Crippen LogP contribution in [0.25, 0.3) is 0 Å². The number of rotatable bonds is 6. The summed E-state index contributed by atoms with van der Waals surface area (Å²) in [4.78, 5) is 22.9. The summed E-state index contributed by atoms with van der Waals surface area (Å²) >= 11 is 0.